The number of carbonyl (C=O) groups is 1. The van der Waals surface area contributed by atoms with Crippen LogP contribution in [0.1, 0.15) is 46.9 Å². The fraction of sp³-hybridized carbons (Fsp3) is 0.308. The van der Waals surface area contributed by atoms with Crippen molar-refractivity contribution in [1.29, 1.82) is 5.26 Å². The van der Waals surface area contributed by atoms with Crippen molar-refractivity contribution in [3.63, 3.8) is 0 Å². The maximum Gasteiger partial charge on any atom is 0.274 e. The van der Waals surface area contributed by atoms with Crippen LogP contribution in [0.15, 0.2) is 42.6 Å². The highest BCUT2D eigenvalue weighted by atomic mass is 19.1. The van der Waals surface area contributed by atoms with E-state index in [1.807, 2.05) is 42.1 Å². The van der Waals surface area contributed by atoms with Crippen LogP contribution in [0.2, 0.25) is 0 Å². The Labute approximate surface area is 201 Å². The third-order valence-corrected chi connectivity index (χ3v) is 6.80. The summed E-state index contributed by atoms with van der Waals surface area (Å²) in [5, 5.41) is 14.6. The molecule has 1 aliphatic heterocycles. The standard InChI is InChI=1S/C26H24FN7O/c1-32-13-18-10-20(6-7-22(18)31-32)34-24(15-2-3-15)23(26(35)33-9-8-19(29)14-33)30-25(34)16-4-5-17(12-28)21(27)11-16/h4-7,10-11,13,15,19H,2-3,8-9,14,29H2,1H3/t19-/m0/s1. The molecule has 2 aromatic heterocycles. The van der Waals surface area contributed by atoms with Gasteiger partial charge in [0.15, 0.2) is 5.69 Å². The second-order valence-corrected chi connectivity index (χ2v) is 9.43. The van der Waals surface area contributed by atoms with Gasteiger partial charge in [-0.3, -0.25) is 14.0 Å². The van der Waals surface area contributed by atoms with E-state index in [0.29, 0.717) is 30.2 Å². The average molecular weight is 470 g/mol. The third-order valence-electron chi connectivity index (χ3n) is 6.80. The summed E-state index contributed by atoms with van der Waals surface area (Å²) >= 11 is 0. The van der Waals surface area contributed by atoms with Gasteiger partial charge in [0.05, 0.1) is 16.8 Å². The van der Waals surface area contributed by atoms with Crippen LogP contribution in [0.4, 0.5) is 4.39 Å². The maximum absolute atomic E-state index is 14.6. The fourth-order valence-corrected chi connectivity index (χ4v) is 4.92. The highest BCUT2D eigenvalue weighted by Gasteiger charge is 2.38. The highest BCUT2D eigenvalue weighted by molar-refractivity contribution is 5.95. The van der Waals surface area contributed by atoms with Crippen LogP contribution < -0.4 is 5.73 Å². The van der Waals surface area contributed by atoms with Gasteiger partial charge in [0.1, 0.15) is 17.7 Å². The Balaban J connectivity index is 1.58. The molecule has 0 spiro atoms. The van der Waals surface area contributed by atoms with E-state index in [1.165, 1.54) is 12.1 Å². The third kappa shape index (κ3) is 3.67. The van der Waals surface area contributed by atoms with Crippen molar-refractivity contribution in [2.24, 2.45) is 12.8 Å². The van der Waals surface area contributed by atoms with Gasteiger partial charge in [-0.15, -0.1) is 0 Å². The molecule has 2 fully saturated rings. The number of nitrogens with two attached hydrogens (primary N) is 1. The molecule has 0 radical (unpaired) electrons. The number of halogens is 1. The predicted molar refractivity (Wildman–Crippen MR) is 128 cm³/mol. The molecule has 0 bridgehead atoms. The van der Waals surface area contributed by atoms with Gasteiger partial charge in [-0.1, -0.05) is 0 Å². The van der Waals surface area contributed by atoms with E-state index in [2.05, 4.69) is 5.10 Å². The van der Waals surface area contributed by atoms with Crippen molar-refractivity contribution < 1.29 is 9.18 Å². The molecular formula is C26H24FN7O. The van der Waals surface area contributed by atoms with Crippen LogP contribution >= 0.6 is 0 Å². The summed E-state index contributed by atoms with van der Waals surface area (Å²) in [5.41, 5.74) is 9.48. The number of rotatable bonds is 4. The van der Waals surface area contributed by atoms with Crippen LogP contribution in [-0.4, -0.2) is 49.3 Å². The van der Waals surface area contributed by atoms with E-state index < -0.39 is 5.82 Å². The molecule has 8 nitrogen and oxygen atoms in total. The first-order chi connectivity index (χ1) is 16.9. The number of hydrogen-bond acceptors (Lipinski definition) is 5. The Kier molecular flexibility index (Phi) is 4.93. The van der Waals surface area contributed by atoms with E-state index in [9.17, 15) is 14.4 Å². The minimum absolute atomic E-state index is 0.0339. The molecular weight excluding hydrogens is 445 g/mol. The Hall–Kier alpha value is -4.03. The molecule has 0 unspecified atom stereocenters. The zero-order valence-corrected chi connectivity index (χ0v) is 19.3. The van der Waals surface area contributed by atoms with Crippen molar-refractivity contribution in [2.75, 3.05) is 13.1 Å². The Morgan fingerprint density at radius 1 is 1.20 bits per heavy atom. The molecule has 35 heavy (non-hydrogen) atoms. The van der Waals surface area contributed by atoms with Gasteiger partial charge in [0.2, 0.25) is 0 Å². The molecule has 6 rings (SSSR count). The summed E-state index contributed by atoms with van der Waals surface area (Å²) in [7, 11) is 1.87. The van der Waals surface area contributed by atoms with Crippen molar-refractivity contribution in [1.82, 2.24) is 24.2 Å². The highest BCUT2D eigenvalue weighted by Crippen LogP contribution is 2.45. The lowest BCUT2D eigenvalue weighted by Gasteiger charge is -2.16. The van der Waals surface area contributed by atoms with Gasteiger partial charge in [0, 0.05) is 54.9 Å². The molecule has 2 aromatic carbocycles. The fourth-order valence-electron chi connectivity index (χ4n) is 4.92. The number of carbonyl (C=O) groups excluding carboxylic acids is 1. The Morgan fingerprint density at radius 2 is 2.03 bits per heavy atom. The maximum atomic E-state index is 14.6. The van der Waals surface area contributed by atoms with E-state index in [4.69, 9.17) is 10.7 Å². The van der Waals surface area contributed by atoms with Gasteiger partial charge in [-0.05, 0) is 55.7 Å². The molecule has 2 N–H and O–H groups in total. The molecule has 1 saturated carbocycles. The molecule has 3 heterocycles. The summed E-state index contributed by atoms with van der Waals surface area (Å²) in [6.45, 7) is 1.09. The van der Waals surface area contributed by atoms with Crippen molar-refractivity contribution in [3.8, 4) is 23.1 Å². The second kappa shape index (κ2) is 8.03. The van der Waals surface area contributed by atoms with Crippen LogP contribution in [0.3, 0.4) is 0 Å². The number of benzene rings is 2. The number of nitriles is 1. The van der Waals surface area contributed by atoms with Crippen molar-refractivity contribution >= 4 is 16.8 Å². The smallest absolute Gasteiger partial charge is 0.274 e. The Morgan fingerprint density at radius 3 is 2.71 bits per heavy atom. The molecule has 1 amide bonds. The number of likely N-dealkylation sites (tertiary alicyclic amines) is 1. The molecule has 1 saturated heterocycles. The molecule has 1 atom stereocenters. The first-order valence-corrected chi connectivity index (χ1v) is 11.7. The van der Waals surface area contributed by atoms with Crippen LogP contribution in [0, 0.1) is 17.1 Å². The molecule has 4 aromatic rings. The van der Waals surface area contributed by atoms with Gasteiger partial charge in [0.25, 0.3) is 5.91 Å². The normalized spacial score (nSPS) is 17.8. The number of aromatic nitrogens is 4. The lowest BCUT2D eigenvalue weighted by atomic mass is 10.1. The SMILES string of the molecule is Cn1cc2cc(-n3c(-c4ccc(C#N)c(F)c4)nc(C(=O)N4CC[C@H](N)C4)c3C3CC3)ccc2n1. The van der Waals surface area contributed by atoms with Crippen LogP contribution in [0.25, 0.3) is 28.0 Å². The largest absolute Gasteiger partial charge is 0.336 e. The van der Waals surface area contributed by atoms with Gasteiger partial charge < -0.3 is 10.6 Å². The first kappa shape index (κ1) is 21.5. The minimum Gasteiger partial charge on any atom is -0.336 e. The number of imidazole rings is 1. The molecule has 2 aliphatic rings. The first-order valence-electron chi connectivity index (χ1n) is 11.7. The number of nitrogens with zero attached hydrogens (tertiary/aromatic N) is 6. The molecule has 1 aliphatic carbocycles. The van der Waals surface area contributed by atoms with E-state index in [-0.39, 0.29) is 23.4 Å². The number of fused-ring (bicyclic) bond motifs is 1. The van der Waals surface area contributed by atoms with Crippen molar-refractivity contribution in [2.45, 2.75) is 31.2 Å². The summed E-state index contributed by atoms with van der Waals surface area (Å²) in [5.74, 6) is -0.0882. The lowest BCUT2D eigenvalue weighted by Crippen LogP contribution is -2.32. The Bertz CT molecular complexity index is 1520. The summed E-state index contributed by atoms with van der Waals surface area (Å²) in [4.78, 5) is 20.2. The molecule has 9 heteroatoms. The quantitative estimate of drug-likeness (QED) is 0.493. The van der Waals surface area contributed by atoms with E-state index in [1.54, 1.807) is 15.6 Å². The summed E-state index contributed by atoms with van der Waals surface area (Å²) in [6.07, 6.45) is 4.62. The monoisotopic (exact) mass is 469 g/mol. The molecule has 176 valence electrons. The van der Waals surface area contributed by atoms with Crippen molar-refractivity contribution in [3.05, 3.63) is 65.4 Å². The zero-order chi connectivity index (χ0) is 24.3. The summed E-state index contributed by atoms with van der Waals surface area (Å²) in [6, 6.07) is 12.2. The zero-order valence-electron chi connectivity index (χ0n) is 19.3. The summed E-state index contributed by atoms with van der Waals surface area (Å²) < 4.78 is 18.4. The van der Waals surface area contributed by atoms with E-state index in [0.717, 1.165) is 41.5 Å². The second-order valence-electron chi connectivity index (χ2n) is 9.43. The average Bonchev–Trinajstić information content (AvgIpc) is 3.28. The number of hydrogen-bond donors (Lipinski definition) is 1. The number of aryl methyl sites for hydroxylation is 1. The lowest BCUT2D eigenvalue weighted by molar-refractivity contribution is 0.0784. The van der Waals surface area contributed by atoms with Crippen LogP contribution in [0.5, 0.6) is 0 Å². The van der Waals surface area contributed by atoms with E-state index >= 15 is 0 Å². The predicted octanol–water partition coefficient (Wildman–Crippen LogP) is 3.49. The van der Waals surface area contributed by atoms with Gasteiger partial charge >= 0.3 is 0 Å². The topological polar surface area (TPSA) is 106 Å². The number of amides is 1. The van der Waals surface area contributed by atoms with Gasteiger partial charge in [-0.2, -0.15) is 10.4 Å². The van der Waals surface area contributed by atoms with Crippen LogP contribution in [-0.2, 0) is 7.05 Å². The van der Waals surface area contributed by atoms with Gasteiger partial charge in [-0.25, -0.2) is 9.37 Å². The minimum atomic E-state index is -0.617.